The van der Waals surface area contributed by atoms with Gasteiger partial charge in [0, 0.05) is 38.0 Å². The van der Waals surface area contributed by atoms with Crippen molar-refractivity contribution in [3.05, 3.63) is 30.1 Å². The average molecular weight is 397 g/mol. The first kappa shape index (κ1) is 18.8. The van der Waals surface area contributed by atoms with Gasteiger partial charge in [-0.25, -0.2) is 9.67 Å². The maximum absolute atomic E-state index is 13.0. The summed E-state index contributed by atoms with van der Waals surface area (Å²) in [6, 6.07) is 1.88. The molecule has 3 N–H and O–H groups in total. The number of aromatic nitrogens is 7. The third kappa shape index (κ3) is 3.50. The van der Waals surface area contributed by atoms with E-state index in [4.69, 9.17) is 5.73 Å². The van der Waals surface area contributed by atoms with Gasteiger partial charge >= 0.3 is 0 Å². The lowest BCUT2D eigenvalue weighted by Gasteiger charge is -2.17. The van der Waals surface area contributed by atoms with Crippen molar-refractivity contribution >= 4 is 17.6 Å². The zero-order valence-electron chi connectivity index (χ0n) is 16.5. The maximum atomic E-state index is 13.0. The molecule has 1 atom stereocenters. The van der Waals surface area contributed by atoms with E-state index in [9.17, 15) is 9.59 Å². The standard InChI is InChI=1S/C18H23N9O2/c1-10(2)8-26-9-11(7-20-26)13-6-14-25(3)18(29)12(4-5-27(14)24-13)16-21-17(15(19)28)23-22-16/h6-7,9-10,12H,4-5,8H2,1-3H3,(H2,19,28)(H,21,22,23). The molecule has 0 fully saturated rings. The fourth-order valence-electron chi connectivity index (χ4n) is 3.47. The van der Waals surface area contributed by atoms with Crippen LogP contribution >= 0.6 is 0 Å². The molecule has 0 saturated heterocycles. The van der Waals surface area contributed by atoms with Gasteiger partial charge in [-0.3, -0.25) is 24.3 Å². The smallest absolute Gasteiger partial charge is 0.288 e. The number of hydrogen-bond donors (Lipinski definition) is 2. The fraction of sp³-hybridized carbons (Fsp3) is 0.444. The maximum Gasteiger partial charge on any atom is 0.288 e. The number of H-pyrrole nitrogens is 1. The molecular formula is C18H23N9O2. The fourth-order valence-corrected chi connectivity index (χ4v) is 3.47. The molecule has 4 rings (SSSR count). The Morgan fingerprint density at radius 1 is 1.41 bits per heavy atom. The van der Waals surface area contributed by atoms with E-state index in [0.717, 1.165) is 17.8 Å². The summed E-state index contributed by atoms with van der Waals surface area (Å²) < 4.78 is 3.70. The molecule has 0 bridgehead atoms. The molecule has 1 unspecified atom stereocenters. The van der Waals surface area contributed by atoms with Crippen LogP contribution in [0.3, 0.4) is 0 Å². The van der Waals surface area contributed by atoms with Crippen LogP contribution < -0.4 is 10.6 Å². The van der Waals surface area contributed by atoms with Crippen molar-refractivity contribution in [3.8, 4) is 11.3 Å². The van der Waals surface area contributed by atoms with Gasteiger partial charge in [0.25, 0.3) is 5.91 Å². The Kier molecular flexibility index (Phi) is 4.65. The number of primary amides is 1. The predicted octanol–water partition coefficient (Wildman–Crippen LogP) is 0.770. The molecule has 2 amide bonds. The summed E-state index contributed by atoms with van der Waals surface area (Å²) in [4.78, 5) is 29.9. The van der Waals surface area contributed by atoms with Gasteiger partial charge in [-0.1, -0.05) is 13.8 Å². The van der Waals surface area contributed by atoms with Crippen molar-refractivity contribution in [2.75, 3.05) is 11.9 Å². The Labute approximate surface area is 166 Å². The molecule has 152 valence electrons. The number of rotatable bonds is 5. The Balaban J connectivity index is 1.59. The summed E-state index contributed by atoms with van der Waals surface area (Å²) in [5, 5.41) is 15.5. The predicted molar refractivity (Wildman–Crippen MR) is 104 cm³/mol. The van der Waals surface area contributed by atoms with Gasteiger partial charge < -0.3 is 5.73 Å². The Morgan fingerprint density at radius 3 is 2.90 bits per heavy atom. The number of hydrogen-bond acceptors (Lipinski definition) is 6. The van der Waals surface area contributed by atoms with Crippen LogP contribution in [0.1, 0.15) is 42.6 Å². The van der Waals surface area contributed by atoms with Crippen LogP contribution in [0.4, 0.5) is 5.82 Å². The zero-order valence-corrected chi connectivity index (χ0v) is 16.5. The lowest BCUT2D eigenvalue weighted by atomic mass is 10.0. The Morgan fingerprint density at radius 2 is 2.21 bits per heavy atom. The van der Waals surface area contributed by atoms with E-state index in [1.807, 2.05) is 16.9 Å². The number of nitrogens with one attached hydrogen (secondary N) is 1. The van der Waals surface area contributed by atoms with Gasteiger partial charge in [0.05, 0.1) is 17.8 Å². The van der Waals surface area contributed by atoms with Crippen LogP contribution in [0.15, 0.2) is 18.5 Å². The van der Waals surface area contributed by atoms with E-state index in [1.54, 1.807) is 22.8 Å². The van der Waals surface area contributed by atoms with Crippen molar-refractivity contribution in [1.82, 2.24) is 34.7 Å². The number of aryl methyl sites for hydroxylation is 1. The summed E-state index contributed by atoms with van der Waals surface area (Å²) in [6.45, 7) is 5.62. The molecule has 29 heavy (non-hydrogen) atoms. The second-order valence-corrected chi connectivity index (χ2v) is 7.60. The summed E-state index contributed by atoms with van der Waals surface area (Å²) in [5.74, 6) is -0.0586. The Hall–Kier alpha value is -3.50. The summed E-state index contributed by atoms with van der Waals surface area (Å²) in [7, 11) is 1.70. The molecule has 11 heteroatoms. The largest absolute Gasteiger partial charge is 0.363 e. The van der Waals surface area contributed by atoms with Crippen LogP contribution in [0.5, 0.6) is 0 Å². The molecule has 3 aromatic rings. The average Bonchev–Trinajstić information content (AvgIpc) is 3.38. The van der Waals surface area contributed by atoms with Crippen LogP contribution in [0.25, 0.3) is 11.3 Å². The molecule has 3 aromatic heterocycles. The van der Waals surface area contributed by atoms with E-state index in [2.05, 4.69) is 39.2 Å². The molecule has 0 spiro atoms. The number of fused-ring (bicyclic) bond motifs is 1. The summed E-state index contributed by atoms with van der Waals surface area (Å²) >= 11 is 0. The number of aromatic amines is 1. The lowest BCUT2D eigenvalue weighted by molar-refractivity contribution is -0.119. The second kappa shape index (κ2) is 7.15. The monoisotopic (exact) mass is 397 g/mol. The molecule has 0 saturated carbocycles. The number of carbonyl (C=O) groups is 2. The molecular weight excluding hydrogens is 374 g/mol. The van der Waals surface area contributed by atoms with Crippen LogP contribution in [0.2, 0.25) is 0 Å². The second-order valence-electron chi connectivity index (χ2n) is 7.60. The third-order valence-electron chi connectivity index (χ3n) is 4.89. The minimum Gasteiger partial charge on any atom is -0.363 e. The Bertz CT molecular complexity index is 1060. The summed E-state index contributed by atoms with van der Waals surface area (Å²) in [5.41, 5.74) is 6.88. The minimum absolute atomic E-state index is 0.127. The van der Waals surface area contributed by atoms with Crippen molar-refractivity contribution in [2.45, 2.75) is 39.3 Å². The number of likely N-dealkylation sites (N-methyl/N-ethyl adjacent to an activating group) is 1. The quantitative estimate of drug-likeness (QED) is 0.651. The minimum atomic E-state index is -0.738. The van der Waals surface area contributed by atoms with E-state index in [-0.39, 0.29) is 11.7 Å². The molecule has 1 aliphatic rings. The molecule has 4 heterocycles. The lowest BCUT2D eigenvalue weighted by Crippen LogP contribution is -2.31. The highest BCUT2D eigenvalue weighted by Crippen LogP contribution is 2.31. The van der Waals surface area contributed by atoms with Crippen LogP contribution in [-0.4, -0.2) is 53.6 Å². The number of amides is 2. The normalized spacial score (nSPS) is 16.9. The summed E-state index contributed by atoms with van der Waals surface area (Å²) in [6.07, 6.45) is 4.22. The molecule has 1 aliphatic heterocycles. The topological polar surface area (TPSA) is 141 Å². The SMILES string of the molecule is CC(C)Cn1cc(-c2cc3n(n2)CCC(c2nc(C(N)=O)n[nH]2)C(=O)N3C)cn1. The van der Waals surface area contributed by atoms with Crippen molar-refractivity contribution in [3.63, 3.8) is 0 Å². The van der Waals surface area contributed by atoms with Crippen LogP contribution in [-0.2, 0) is 17.9 Å². The van der Waals surface area contributed by atoms with Crippen molar-refractivity contribution in [2.24, 2.45) is 11.7 Å². The highest BCUT2D eigenvalue weighted by Gasteiger charge is 2.33. The van der Waals surface area contributed by atoms with Crippen molar-refractivity contribution in [1.29, 1.82) is 0 Å². The number of anilines is 1. The van der Waals surface area contributed by atoms with Gasteiger partial charge in [-0.15, -0.1) is 5.10 Å². The first-order valence-electron chi connectivity index (χ1n) is 9.44. The highest BCUT2D eigenvalue weighted by atomic mass is 16.2. The number of nitrogens with zero attached hydrogens (tertiary/aromatic N) is 7. The van der Waals surface area contributed by atoms with Gasteiger partial charge in [-0.2, -0.15) is 10.2 Å². The van der Waals surface area contributed by atoms with Gasteiger partial charge in [0.1, 0.15) is 11.6 Å². The van der Waals surface area contributed by atoms with E-state index >= 15 is 0 Å². The van der Waals surface area contributed by atoms with E-state index < -0.39 is 11.8 Å². The zero-order chi connectivity index (χ0) is 20.7. The molecule has 0 aromatic carbocycles. The molecule has 0 radical (unpaired) electrons. The van der Waals surface area contributed by atoms with E-state index in [0.29, 0.717) is 30.5 Å². The number of nitrogens with two attached hydrogens (primary N) is 1. The third-order valence-corrected chi connectivity index (χ3v) is 4.89. The first-order chi connectivity index (χ1) is 13.8. The van der Waals surface area contributed by atoms with Crippen molar-refractivity contribution < 1.29 is 9.59 Å². The first-order valence-corrected chi connectivity index (χ1v) is 9.44. The number of carbonyl (C=O) groups excluding carboxylic acids is 2. The molecule has 11 nitrogen and oxygen atoms in total. The van der Waals surface area contributed by atoms with Gasteiger partial charge in [0.2, 0.25) is 11.7 Å². The van der Waals surface area contributed by atoms with Gasteiger partial charge in [-0.05, 0) is 12.3 Å². The molecule has 0 aliphatic carbocycles. The van der Waals surface area contributed by atoms with Crippen LogP contribution in [0, 0.1) is 5.92 Å². The highest BCUT2D eigenvalue weighted by molar-refractivity contribution is 5.97. The van der Waals surface area contributed by atoms with E-state index in [1.165, 1.54) is 0 Å². The van der Waals surface area contributed by atoms with Gasteiger partial charge in [0.15, 0.2) is 0 Å².